The van der Waals surface area contributed by atoms with Crippen molar-refractivity contribution in [2.24, 2.45) is 5.73 Å². The Hall–Kier alpha value is -1.79. The lowest BCUT2D eigenvalue weighted by atomic mass is 10.2. The topological polar surface area (TPSA) is 98.5 Å². The van der Waals surface area contributed by atoms with Gasteiger partial charge in [-0.3, -0.25) is 9.59 Å². The van der Waals surface area contributed by atoms with Crippen molar-refractivity contribution in [3.05, 3.63) is 33.8 Å². The lowest BCUT2D eigenvalue weighted by Gasteiger charge is -2.06. The lowest BCUT2D eigenvalue weighted by Crippen LogP contribution is -2.35. The summed E-state index contributed by atoms with van der Waals surface area (Å²) < 4.78 is 4.71. The number of nitrogens with one attached hydrogen (secondary N) is 1. The monoisotopic (exact) mass is 304 g/mol. The average Bonchev–Trinajstić information content (AvgIpc) is 2.32. The third kappa shape index (κ3) is 5.58. The molecule has 0 aromatic heterocycles. The van der Waals surface area contributed by atoms with Gasteiger partial charge in [0.2, 0.25) is 5.91 Å². The maximum Gasteiger partial charge on any atom is 0.338 e. The molecule has 102 valence electrons. The van der Waals surface area contributed by atoms with Crippen LogP contribution in [0.3, 0.4) is 0 Å². The summed E-state index contributed by atoms with van der Waals surface area (Å²) in [5.74, 6) is -2.08. The molecule has 0 aliphatic carbocycles. The van der Waals surface area contributed by atoms with E-state index in [4.69, 9.17) is 33.7 Å². The molecular weight excluding hydrogens is 295 g/mol. The van der Waals surface area contributed by atoms with Crippen molar-refractivity contribution in [2.75, 3.05) is 13.2 Å². The van der Waals surface area contributed by atoms with Gasteiger partial charge in [-0.15, -0.1) is 0 Å². The fourth-order valence-corrected chi connectivity index (χ4v) is 1.65. The first-order chi connectivity index (χ1) is 8.88. The molecular formula is C11H10Cl2N2O4. The van der Waals surface area contributed by atoms with E-state index < -0.39 is 24.4 Å². The molecule has 0 aliphatic heterocycles. The van der Waals surface area contributed by atoms with Gasteiger partial charge in [0.05, 0.1) is 12.1 Å². The third-order valence-corrected chi connectivity index (χ3v) is 2.33. The van der Waals surface area contributed by atoms with Gasteiger partial charge in [0.15, 0.2) is 6.61 Å². The van der Waals surface area contributed by atoms with Crippen molar-refractivity contribution in [3.8, 4) is 0 Å². The van der Waals surface area contributed by atoms with Crippen LogP contribution in [0.4, 0.5) is 0 Å². The van der Waals surface area contributed by atoms with Crippen LogP contribution in [0.5, 0.6) is 0 Å². The Labute approximate surface area is 118 Å². The van der Waals surface area contributed by atoms with E-state index in [-0.39, 0.29) is 22.2 Å². The number of ether oxygens (including phenoxy) is 1. The predicted octanol–water partition coefficient (Wildman–Crippen LogP) is 0.752. The van der Waals surface area contributed by atoms with Gasteiger partial charge >= 0.3 is 5.97 Å². The van der Waals surface area contributed by atoms with Gasteiger partial charge in [-0.25, -0.2) is 4.79 Å². The van der Waals surface area contributed by atoms with Crippen molar-refractivity contribution in [2.45, 2.75) is 0 Å². The van der Waals surface area contributed by atoms with Crippen LogP contribution in [0.2, 0.25) is 10.0 Å². The summed E-state index contributed by atoms with van der Waals surface area (Å²) in [5, 5.41) is 2.72. The quantitative estimate of drug-likeness (QED) is 0.784. The van der Waals surface area contributed by atoms with Crippen LogP contribution in [0.1, 0.15) is 10.4 Å². The molecule has 1 aromatic rings. The first-order valence-corrected chi connectivity index (χ1v) is 5.82. The highest BCUT2D eigenvalue weighted by atomic mass is 35.5. The molecule has 0 unspecified atom stereocenters. The molecule has 0 saturated heterocycles. The van der Waals surface area contributed by atoms with Crippen LogP contribution in [0, 0.1) is 0 Å². The van der Waals surface area contributed by atoms with Gasteiger partial charge in [-0.2, -0.15) is 0 Å². The van der Waals surface area contributed by atoms with E-state index in [1.807, 2.05) is 0 Å². The molecule has 0 spiro atoms. The van der Waals surface area contributed by atoms with Crippen LogP contribution in [0.25, 0.3) is 0 Å². The Morgan fingerprint density at radius 3 is 2.26 bits per heavy atom. The largest absolute Gasteiger partial charge is 0.452 e. The standard InChI is InChI=1S/C11H10Cl2N2O4/c12-7-1-6(2-8(13)3-7)11(18)19-5-10(17)15-4-9(14)16/h1-3H,4-5H2,(H2,14,16)(H,15,17). The molecule has 19 heavy (non-hydrogen) atoms. The Morgan fingerprint density at radius 2 is 1.74 bits per heavy atom. The molecule has 6 nitrogen and oxygen atoms in total. The molecule has 0 radical (unpaired) electrons. The number of hydrogen-bond acceptors (Lipinski definition) is 4. The Morgan fingerprint density at radius 1 is 1.16 bits per heavy atom. The van der Waals surface area contributed by atoms with Crippen LogP contribution in [0.15, 0.2) is 18.2 Å². The van der Waals surface area contributed by atoms with Gasteiger partial charge in [0.25, 0.3) is 5.91 Å². The van der Waals surface area contributed by atoms with E-state index in [9.17, 15) is 14.4 Å². The molecule has 0 bridgehead atoms. The molecule has 0 saturated carbocycles. The van der Waals surface area contributed by atoms with Crippen molar-refractivity contribution in [1.82, 2.24) is 5.32 Å². The molecule has 0 fully saturated rings. The highest BCUT2D eigenvalue weighted by Crippen LogP contribution is 2.19. The third-order valence-electron chi connectivity index (χ3n) is 1.89. The predicted molar refractivity (Wildman–Crippen MR) is 68.9 cm³/mol. The summed E-state index contributed by atoms with van der Waals surface area (Å²) in [6, 6.07) is 4.17. The van der Waals surface area contributed by atoms with Gasteiger partial charge in [0, 0.05) is 10.0 Å². The molecule has 0 atom stereocenters. The second kappa shape index (κ2) is 6.96. The highest BCUT2D eigenvalue weighted by Gasteiger charge is 2.12. The molecule has 1 rings (SSSR count). The van der Waals surface area contributed by atoms with E-state index in [1.165, 1.54) is 18.2 Å². The number of esters is 1. The minimum absolute atomic E-state index is 0.125. The number of hydrogen-bond donors (Lipinski definition) is 2. The minimum atomic E-state index is -0.751. The van der Waals surface area contributed by atoms with Gasteiger partial charge in [-0.05, 0) is 18.2 Å². The maximum absolute atomic E-state index is 11.6. The van der Waals surface area contributed by atoms with Crippen molar-refractivity contribution < 1.29 is 19.1 Å². The van der Waals surface area contributed by atoms with Crippen LogP contribution < -0.4 is 11.1 Å². The summed E-state index contributed by atoms with van der Waals surface area (Å²) in [4.78, 5) is 33.2. The first kappa shape index (κ1) is 15.3. The van der Waals surface area contributed by atoms with E-state index in [0.717, 1.165) is 0 Å². The molecule has 3 N–H and O–H groups in total. The van der Waals surface area contributed by atoms with Gasteiger partial charge < -0.3 is 15.8 Å². The zero-order chi connectivity index (χ0) is 14.4. The molecule has 8 heteroatoms. The zero-order valence-corrected chi connectivity index (χ0v) is 11.1. The summed E-state index contributed by atoms with van der Waals surface area (Å²) in [5.41, 5.74) is 4.96. The fourth-order valence-electron chi connectivity index (χ4n) is 1.12. The summed E-state index contributed by atoms with van der Waals surface area (Å²) in [6.07, 6.45) is 0. The number of nitrogens with two attached hydrogens (primary N) is 1. The average molecular weight is 305 g/mol. The second-order valence-electron chi connectivity index (χ2n) is 3.48. The van der Waals surface area contributed by atoms with E-state index >= 15 is 0 Å². The number of halogens is 2. The van der Waals surface area contributed by atoms with Crippen LogP contribution in [-0.4, -0.2) is 30.9 Å². The van der Waals surface area contributed by atoms with Gasteiger partial charge in [0.1, 0.15) is 0 Å². The normalized spacial score (nSPS) is 9.79. The summed E-state index contributed by atoms with van der Waals surface area (Å²) >= 11 is 11.4. The Balaban J connectivity index is 2.51. The van der Waals surface area contributed by atoms with E-state index in [0.29, 0.717) is 0 Å². The maximum atomic E-state index is 11.6. The van der Waals surface area contributed by atoms with Crippen molar-refractivity contribution in [3.63, 3.8) is 0 Å². The van der Waals surface area contributed by atoms with Crippen molar-refractivity contribution in [1.29, 1.82) is 0 Å². The van der Waals surface area contributed by atoms with Crippen LogP contribution in [-0.2, 0) is 14.3 Å². The fraction of sp³-hybridized carbons (Fsp3) is 0.182. The van der Waals surface area contributed by atoms with E-state index in [2.05, 4.69) is 5.32 Å². The second-order valence-corrected chi connectivity index (χ2v) is 4.35. The van der Waals surface area contributed by atoms with Gasteiger partial charge in [-0.1, -0.05) is 23.2 Å². The first-order valence-electron chi connectivity index (χ1n) is 5.06. The Bertz CT molecular complexity index is 499. The minimum Gasteiger partial charge on any atom is -0.452 e. The zero-order valence-electron chi connectivity index (χ0n) is 9.61. The smallest absolute Gasteiger partial charge is 0.338 e. The molecule has 0 heterocycles. The number of amides is 2. The lowest BCUT2D eigenvalue weighted by molar-refractivity contribution is -0.127. The molecule has 1 aromatic carbocycles. The number of carbonyl (C=O) groups is 3. The molecule has 2 amide bonds. The summed E-state index contributed by atoms with van der Waals surface area (Å²) in [7, 11) is 0. The number of rotatable bonds is 5. The number of primary amides is 1. The Kier molecular flexibility index (Phi) is 5.59. The number of benzene rings is 1. The van der Waals surface area contributed by atoms with Crippen molar-refractivity contribution >= 4 is 41.0 Å². The summed E-state index contributed by atoms with van der Waals surface area (Å²) in [6.45, 7) is -0.852. The molecule has 0 aliphatic rings. The van der Waals surface area contributed by atoms with Crippen LogP contribution >= 0.6 is 23.2 Å². The van der Waals surface area contributed by atoms with E-state index in [1.54, 1.807) is 0 Å². The number of carbonyl (C=O) groups excluding carboxylic acids is 3. The SMILES string of the molecule is NC(=O)CNC(=O)COC(=O)c1cc(Cl)cc(Cl)c1. The highest BCUT2D eigenvalue weighted by molar-refractivity contribution is 6.35.